The maximum Gasteiger partial charge on any atom is 0.311 e. The van der Waals surface area contributed by atoms with Gasteiger partial charge < -0.3 is 24.6 Å². The molecule has 2 aliphatic rings. The summed E-state index contributed by atoms with van der Waals surface area (Å²) in [6, 6.07) is 23.6. The van der Waals surface area contributed by atoms with E-state index in [1.54, 1.807) is 12.1 Å². The average molecular weight is 632 g/mol. The number of piperazine rings is 1. The summed E-state index contributed by atoms with van der Waals surface area (Å²) in [5.41, 5.74) is 3.12. The number of hydrogen-bond donors (Lipinski definition) is 1. The van der Waals surface area contributed by atoms with E-state index in [4.69, 9.17) is 9.47 Å². The summed E-state index contributed by atoms with van der Waals surface area (Å²) in [4.78, 5) is 30.8. The minimum Gasteiger partial charge on any atom is -0.489 e. The summed E-state index contributed by atoms with van der Waals surface area (Å²) in [6.45, 7) is 10.9. The smallest absolute Gasteiger partial charge is 0.311 e. The summed E-state index contributed by atoms with van der Waals surface area (Å²) < 4.78 is 11.6. The number of ether oxygens (including phenoxy) is 2. The van der Waals surface area contributed by atoms with Crippen LogP contribution >= 0.6 is 0 Å². The Morgan fingerprint density at radius 1 is 0.935 bits per heavy atom. The van der Waals surface area contributed by atoms with Crippen LogP contribution in [-0.2, 0) is 11.4 Å². The number of piperidine rings is 1. The van der Waals surface area contributed by atoms with Crippen molar-refractivity contribution in [1.29, 1.82) is 0 Å². The van der Waals surface area contributed by atoms with E-state index in [2.05, 4.69) is 39.4 Å². The second-order valence-electron chi connectivity index (χ2n) is 12.3. The molecule has 0 saturated carbocycles. The van der Waals surface area contributed by atoms with E-state index in [0.29, 0.717) is 32.7 Å². The Bertz CT molecular complexity index is 1390. The molecule has 5 rings (SSSR count). The number of rotatable bonds is 13. The molecule has 2 aliphatic heterocycles. The highest BCUT2D eigenvalue weighted by Crippen LogP contribution is 2.31. The second-order valence-corrected chi connectivity index (χ2v) is 12.3. The molecule has 2 saturated heterocycles. The van der Waals surface area contributed by atoms with E-state index in [9.17, 15) is 14.9 Å². The van der Waals surface area contributed by atoms with Crippen molar-refractivity contribution >= 4 is 23.0 Å². The van der Waals surface area contributed by atoms with Gasteiger partial charge in [-0.15, -0.1) is 0 Å². The van der Waals surface area contributed by atoms with Crippen LogP contribution in [0.15, 0.2) is 72.8 Å². The number of likely N-dealkylation sites (tertiary alicyclic amines) is 1. The van der Waals surface area contributed by atoms with Crippen molar-refractivity contribution in [2.75, 3.05) is 62.6 Å². The first-order valence-electron chi connectivity index (χ1n) is 16.0. The number of carbonyl (C=O) groups is 1. The van der Waals surface area contributed by atoms with Gasteiger partial charge in [-0.05, 0) is 54.7 Å². The Morgan fingerprint density at radius 3 is 2.28 bits per heavy atom. The van der Waals surface area contributed by atoms with Gasteiger partial charge in [-0.25, -0.2) is 0 Å². The third-order valence-electron chi connectivity index (χ3n) is 8.41. The molecule has 0 aromatic heterocycles. The van der Waals surface area contributed by atoms with Crippen LogP contribution in [0.3, 0.4) is 0 Å². The van der Waals surface area contributed by atoms with Crippen molar-refractivity contribution in [3.8, 4) is 11.5 Å². The van der Waals surface area contributed by atoms with Gasteiger partial charge in [0.05, 0.1) is 11.5 Å². The minimum absolute atomic E-state index is 0. The molecule has 1 amide bonds. The van der Waals surface area contributed by atoms with E-state index in [0.717, 1.165) is 62.6 Å². The molecular formula is C36H49N5O5. The van der Waals surface area contributed by atoms with E-state index >= 15 is 0 Å². The molecule has 1 N–H and O–H groups in total. The maximum absolute atomic E-state index is 13.0. The lowest BCUT2D eigenvalue weighted by atomic mass is 10.0. The van der Waals surface area contributed by atoms with Gasteiger partial charge in [0.15, 0.2) is 5.75 Å². The molecule has 2 heterocycles. The van der Waals surface area contributed by atoms with Gasteiger partial charge in [0.25, 0.3) is 0 Å². The monoisotopic (exact) mass is 631 g/mol. The topological polar surface area (TPSA) is 100 Å². The first kappa shape index (κ1) is 34.6. The van der Waals surface area contributed by atoms with Crippen LogP contribution in [0.4, 0.5) is 17.1 Å². The standard InChI is InChI=1S/C35H45N5O5.CH4/c1-27(2)25-45-34-24-30(8-13-33(34)40(42)43)36-29-14-18-39(19-15-29)35(41)16-17-37-20-22-38(23-21-37)31-9-11-32(12-10-31)44-26-28-6-4-3-5-7-28;/h3-13,24,27,29,36H,14-23,25-26H2,1-2H3;1H4. The van der Waals surface area contributed by atoms with Gasteiger partial charge in [-0.1, -0.05) is 51.6 Å². The zero-order valence-corrected chi connectivity index (χ0v) is 26.4. The molecule has 2 fully saturated rings. The predicted octanol–water partition coefficient (Wildman–Crippen LogP) is 6.46. The van der Waals surface area contributed by atoms with Crippen molar-refractivity contribution in [2.24, 2.45) is 5.92 Å². The summed E-state index contributed by atoms with van der Waals surface area (Å²) in [7, 11) is 0. The molecule has 248 valence electrons. The molecule has 3 aromatic rings. The summed E-state index contributed by atoms with van der Waals surface area (Å²) >= 11 is 0. The average Bonchev–Trinajstić information content (AvgIpc) is 3.06. The van der Waals surface area contributed by atoms with Crippen molar-refractivity contribution < 1.29 is 19.2 Å². The van der Waals surface area contributed by atoms with E-state index in [-0.39, 0.29) is 36.7 Å². The van der Waals surface area contributed by atoms with Gasteiger partial charge in [0, 0.05) is 81.8 Å². The van der Waals surface area contributed by atoms with Crippen LogP contribution < -0.4 is 19.7 Å². The van der Waals surface area contributed by atoms with Crippen LogP contribution in [-0.4, -0.2) is 79.1 Å². The Balaban J connectivity index is 0.00000480. The molecule has 0 unspecified atom stereocenters. The van der Waals surface area contributed by atoms with Crippen LogP contribution in [0.2, 0.25) is 0 Å². The van der Waals surface area contributed by atoms with Gasteiger partial charge in [0.1, 0.15) is 12.4 Å². The molecule has 0 aliphatic carbocycles. The number of benzene rings is 3. The van der Waals surface area contributed by atoms with Crippen molar-refractivity contribution in [2.45, 2.75) is 53.2 Å². The number of hydrogen-bond acceptors (Lipinski definition) is 8. The Morgan fingerprint density at radius 2 is 1.63 bits per heavy atom. The maximum atomic E-state index is 13.0. The molecule has 10 heteroatoms. The zero-order chi connectivity index (χ0) is 31.6. The predicted molar refractivity (Wildman–Crippen MR) is 184 cm³/mol. The largest absolute Gasteiger partial charge is 0.489 e. The lowest BCUT2D eigenvalue weighted by Crippen LogP contribution is -2.48. The van der Waals surface area contributed by atoms with E-state index in [1.165, 1.54) is 11.8 Å². The summed E-state index contributed by atoms with van der Waals surface area (Å²) in [5, 5.41) is 14.9. The number of nitrogens with zero attached hydrogens (tertiary/aromatic N) is 4. The Hall–Kier alpha value is -4.31. The number of nitro benzene ring substituents is 1. The second kappa shape index (κ2) is 16.8. The molecule has 0 bridgehead atoms. The Labute approximate surface area is 273 Å². The van der Waals surface area contributed by atoms with E-state index < -0.39 is 4.92 Å². The fourth-order valence-corrected chi connectivity index (χ4v) is 5.77. The number of nitro groups is 1. The highest BCUT2D eigenvalue weighted by Gasteiger charge is 2.25. The molecule has 0 atom stereocenters. The van der Waals surface area contributed by atoms with Crippen LogP contribution in [0.25, 0.3) is 0 Å². The normalized spacial score (nSPS) is 15.7. The summed E-state index contributed by atoms with van der Waals surface area (Å²) in [5.74, 6) is 1.63. The molecule has 0 spiro atoms. The molecule has 10 nitrogen and oxygen atoms in total. The third kappa shape index (κ3) is 9.84. The first-order valence-corrected chi connectivity index (χ1v) is 16.0. The molecule has 0 radical (unpaired) electrons. The van der Waals surface area contributed by atoms with Gasteiger partial charge in [0.2, 0.25) is 5.91 Å². The fourth-order valence-electron chi connectivity index (χ4n) is 5.77. The van der Waals surface area contributed by atoms with Crippen molar-refractivity contribution in [3.05, 3.63) is 88.5 Å². The van der Waals surface area contributed by atoms with Crippen LogP contribution in [0.1, 0.15) is 46.1 Å². The zero-order valence-electron chi connectivity index (χ0n) is 26.4. The number of carbonyl (C=O) groups excluding carboxylic acids is 1. The van der Waals surface area contributed by atoms with Crippen molar-refractivity contribution in [1.82, 2.24) is 9.80 Å². The number of anilines is 2. The lowest BCUT2D eigenvalue weighted by Gasteiger charge is -2.37. The van der Waals surface area contributed by atoms with Crippen LogP contribution in [0, 0.1) is 16.0 Å². The van der Waals surface area contributed by atoms with Crippen LogP contribution in [0.5, 0.6) is 11.5 Å². The molecular weight excluding hydrogens is 582 g/mol. The molecule has 3 aromatic carbocycles. The number of nitrogens with one attached hydrogen (secondary N) is 1. The van der Waals surface area contributed by atoms with E-state index in [1.807, 2.05) is 49.1 Å². The highest BCUT2D eigenvalue weighted by atomic mass is 16.6. The van der Waals surface area contributed by atoms with Gasteiger partial charge >= 0.3 is 5.69 Å². The fraction of sp³-hybridized carbons (Fsp3) is 0.472. The SMILES string of the molecule is C.CC(C)COc1cc(NC2CCN(C(=O)CCN3CCN(c4ccc(OCc5ccccc5)cc4)CC3)CC2)ccc1[N+](=O)[O-]. The number of amides is 1. The lowest BCUT2D eigenvalue weighted by molar-refractivity contribution is -0.385. The quantitative estimate of drug-likeness (QED) is 0.170. The highest BCUT2D eigenvalue weighted by molar-refractivity contribution is 5.76. The first-order chi connectivity index (χ1) is 21.8. The Kier molecular flexibility index (Phi) is 12.7. The third-order valence-corrected chi connectivity index (χ3v) is 8.41. The molecule has 46 heavy (non-hydrogen) atoms. The van der Waals surface area contributed by atoms with Gasteiger partial charge in [-0.2, -0.15) is 0 Å². The minimum atomic E-state index is -0.411. The summed E-state index contributed by atoms with van der Waals surface area (Å²) in [6.07, 6.45) is 2.20. The van der Waals surface area contributed by atoms with Gasteiger partial charge in [-0.3, -0.25) is 19.8 Å². The van der Waals surface area contributed by atoms with Crippen molar-refractivity contribution in [3.63, 3.8) is 0 Å².